The Kier molecular flexibility index (Phi) is 5.97. The number of hydrogen-bond acceptors (Lipinski definition) is 4. The Morgan fingerprint density at radius 3 is 2.25 bits per heavy atom. The molecule has 10 heteroatoms. The van der Waals surface area contributed by atoms with Crippen molar-refractivity contribution in [3.05, 3.63) is 50.9 Å². The summed E-state index contributed by atoms with van der Waals surface area (Å²) in [5.41, 5.74) is 0.979. The summed E-state index contributed by atoms with van der Waals surface area (Å²) in [6, 6.07) is 6.66. The second-order valence-corrected chi connectivity index (χ2v) is 6.15. The molecule has 0 fully saturated rings. The maximum absolute atomic E-state index is 11.4. The van der Waals surface area contributed by atoms with E-state index in [4.69, 9.17) is 36.2 Å². The first-order valence-corrected chi connectivity index (χ1v) is 7.87. The summed E-state index contributed by atoms with van der Waals surface area (Å²) in [4.78, 5) is 11.4. The topological polar surface area (TPSA) is 100 Å². The molecule has 1 aromatic carbocycles. The minimum absolute atomic E-state index is 0.254. The molecule has 0 radical (unpaired) electrons. The van der Waals surface area contributed by atoms with Crippen LogP contribution in [0.3, 0.4) is 0 Å². The van der Waals surface area contributed by atoms with Crippen LogP contribution in [0.2, 0.25) is 10.0 Å². The van der Waals surface area contributed by atoms with E-state index in [9.17, 15) is 4.79 Å². The number of aromatic nitrogens is 2. The highest BCUT2D eigenvalue weighted by molar-refractivity contribution is 8.09. The van der Waals surface area contributed by atoms with Crippen LogP contribution in [0.15, 0.2) is 35.3 Å². The van der Waals surface area contributed by atoms with Crippen LogP contribution < -0.4 is 5.56 Å². The number of H-pyrrole nitrogens is 1. The van der Waals surface area contributed by atoms with Crippen molar-refractivity contribution in [1.29, 1.82) is 0 Å². The van der Waals surface area contributed by atoms with Gasteiger partial charge in [-0.15, -0.1) is 0 Å². The van der Waals surface area contributed by atoms with E-state index < -0.39 is 9.33 Å². The maximum Gasteiger partial charge on any atom is 0.353 e. The standard InChI is InChI=1S/C10H6Cl2N2O.ClHO3S/c11-8-2-1-6(5-9(8)12)7-3-4-13-14-10(7)15;1-5(2,3)4/h1-5H,(H,14,15);(H,2,3,4). The molecule has 1 aromatic heterocycles. The highest BCUT2D eigenvalue weighted by Gasteiger charge is 2.05. The van der Waals surface area contributed by atoms with E-state index in [2.05, 4.69) is 20.9 Å². The predicted molar refractivity (Wildman–Crippen MR) is 77.7 cm³/mol. The average Bonchev–Trinajstić information content (AvgIpc) is 2.31. The van der Waals surface area contributed by atoms with Crippen molar-refractivity contribution in [2.75, 3.05) is 0 Å². The molecule has 1 heterocycles. The van der Waals surface area contributed by atoms with Gasteiger partial charge in [-0.1, -0.05) is 29.3 Å². The Bertz CT molecular complexity index is 753. The third-order valence-electron chi connectivity index (χ3n) is 1.96. The smallest absolute Gasteiger partial charge is 0.273 e. The fraction of sp³-hybridized carbons (Fsp3) is 0. The Balaban J connectivity index is 0.000000347. The summed E-state index contributed by atoms with van der Waals surface area (Å²) < 4.78 is 25.2. The maximum atomic E-state index is 11.4. The number of nitrogens with zero attached hydrogens (tertiary/aromatic N) is 1. The Hall–Kier alpha value is -1.12. The first-order valence-electron chi connectivity index (χ1n) is 4.84. The van der Waals surface area contributed by atoms with Gasteiger partial charge in [0.25, 0.3) is 5.56 Å². The van der Waals surface area contributed by atoms with Gasteiger partial charge < -0.3 is 0 Å². The molecule has 0 aliphatic carbocycles. The summed E-state index contributed by atoms with van der Waals surface area (Å²) in [6.07, 6.45) is 1.51. The van der Waals surface area contributed by atoms with Crippen molar-refractivity contribution in [2.45, 2.75) is 0 Å². The van der Waals surface area contributed by atoms with Crippen molar-refractivity contribution in [1.82, 2.24) is 10.2 Å². The van der Waals surface area contributed by atoms with Gasteiger partial charge in [-0.2, -0.15) is 13.5 Å². The highest BCUT2D eigenvalue weighted by atomic mass is 35.7. The van der Waals surface area contributed by atoms with E-state index in [-0.39, 0.29) is 5.56 Å². The zero-order valence-electron chi connectivity index (χ0n) is 9.55. The molecule has 2 N–H and O–H groups in total. The third kappa shape index (κ3) is 5.89. The van der Waals surface area contributed by atoms with E-state index >= 15 is 0 Å². The summed E-state index contributed by atoms with van der Waals surface area (Å²) in [5.74, 6) is 0. The first kappa shape index (κ1) is 16.9. The lowest BCUT2D eigenvalue weighted by Gasteiger charge is -2.01. The lowest BCUT2D eigenvalue weighted by molar-refractivity contribution is 0.501. The monoisotopic (exact) mass is 356 g/mol. The zero-order valence-corrected chi connectivity index (χ0v) is 12.6. The molecule has 2 rings (SSSR count). The van der Waals surface area contributed by atoms with Gasteiger partial charge in [-0.3, -0.25) is 9.35 Å². The molecule has 0 unspecified atom stereocenters. The van der Waals surface area contributed by atoms with Gasteiger partial charge >= 0.3 is 9.33 Å². The second-order valence-electron chi connectivity index (χ2n) is 3.34. The van der Waals surface area contributed by atoms with Crippen LogP contribution in [-0.4, -0.2) is 23.2 Å². The van der Waals surface area contributed by atoms with Gasteiger partial charge in [-0.05, 0) is 23.8 Å². The van der Waals surface area contributed by atoms with Gasteiger partial charge in [0.15, 0.2) is 0 Å². The number of rotatable bonds is 1. The Morgan fingerprint density at radius 1 is 1.15 bits per heavy atom. The van der Waals surface area contributed by atoms with Gasteiger partial charge in [0.05, 0.1) is 15.6 Å². The molecule has 0 aliphatic heterocycles. The van der Waals surface area contributed by atoms with Crippen molar-refractivity contribution in [3.8, 4) is 11.1 Å². The lowest BCUT2D eigenvalue weighted by Crippen LogP contribution is -2.09. The third-order valence-corrected chi connectivity index (χ3v) is 2.70. The molecular weight excluding hydrogens is 351 g/mol. The first-order chi connectivity index (χ1) is 9.18. The number of aromatic amines is 1. The van der Waals surface area contributed by atoms with E-state index in [1.165, 1.54) is 6.20 Å². The highest BCUT2D eigenvalue weighted by Crippen LogP contribution is 2.26. The molecule has 20 heavy (non-hydrogen) atoms. The minimum Gasteiger partial charge on any atom is -0.273 e. The fourth-order valence-corrected chi connectivity index (χ4v) is 1.53. The fourth-order valence-electron chi connectivity index (χ4n) is 1.23. The lowest BCUT2D eigenvalue weighted by atomic mass is 10.1. The van der Waals surface area contributed by atoms with Crippen molar-refractivity contribution >= 4 is 43.2 Å². The average molecular weight is 358 g/mol. The second kappa shape index (κ2) is 7.05. The largest absolute Gasteiger partial charge is 0.353 e. The van der Waals surface area contributed by atoms with Crippen LogP contribution in [0.1, 0.15) is 0 Å². The van der Waals surface area contributed by atoms with Gasteiger partial charge in [-0.25, -0.2) is 5.10 Å². The van der Waals surface area contributed by atoms with Crippen LogP contribution >= 0.6 is 33.9 Å². The summed E-state index contributed by atoms with van der Waals surface area (Å²) >= 11 is 11.6. The van der Waals surface area contributed by atoms with Gasteiger partial charge in [0, 0.05) is 16.9 Å². The van der Waals surface area contributed by atoms with E-state index in [0.717, 1.165) is 0 Å². The van der Waals surface area contributed by atoms with Crippen molar-refractivity contribution in [2.24, 2.45) is 0 Å². The van der Waals surface area contributed by atoms with E-state index in [1.807, 2.05) is 0 Å². The summed E-state index contributed by atoms with van der Waals surface area (Å²) in [5, 5.41) is 6.85. The number of nitrogens with one attached hydrogen (secondary N) is 1. The van der Waals surface area contributed by atoms with E-state index in [0.29, 0.717) is 21.2 Å². The molecule has 6 nitrogen and oxygen atoms in total. The van der Waals surface area contributed by atoms with Crippen LogP contribution in [0.25, 0.3) is 11.1 Å². The molecular formula is C10H7Cl3N2O4S. The van der Waals surface area contributed by atoms with Crippen LogP contribution in [0, 0.1) is 0 Å². The predicted octanol–water partition coefficient (Wildman–Crippen LogP) is 2.77. The van der Waals surface area contributed by atoms with Crippen molar-refractivity contribution < 1.29 is 13.0 Å². The SMILES string of the molecule is O=S(=O)(O)Cl.O=c1[nH]nccc1-c1ccc(Cl)c(Cl)c1. The quantitative estimate of drug-likeness (QED) is 0.604. The summed E-state index contributed by atoms with van der Waals surface area (Å²) in [7, 11) is -0.137. The van der Waals surface area contributed by atoms with Gasteiger partial charge in [0.1, 0.15) is 0 Å². The minimum atomic E-state index is -4.19. The Labute approximate surface area is 128 Å². The molecule has 0 atom stereocenters. The molecule has 0 saturated heterocycles. The molecule has 0 saturated carbocycles. The molecule has 108 valence electrons. The number of hydrogen-bond donors (Lipinski definition) is 2. The molecule has 0 aliphatic rings. The molecule has 0 spiro atoms. The van der Waals surface area contributed by atoms with Crippen LogP contribution in [-0.2, 0) is 9.33 Å². The normalized spacial score (nSPS) is 10.6. The van der Waals surface area contributed by atoms with Gasteiger partial charge in [0.2, 0.25) is 0 Å². The molecule has 2 aromatic rings. The summed E-state index contributed by atoms with van der Waals surface area (Å²) in [6.45, 7) is 0. The zero-order chi connectivity index (χ0) is 15.3. The van der Waals surface area contributed by atoms with Crippen LogP contribution in [0.5, 0.6) is 0 Å². The Morgan fingerprint density at radius 2 is 1.75 bits per heavy atom. The van der Waals surface area contributed by atoms with Crippen molar-refractivity contribution in [3.63, 3.8) is 0 Å². The number of halogens is 3. The molecule has 0 bridgehead atoms. The number of benzene rings is 1. The van der Waals surface area contributed by atoms with Crippen LogP contribution in [0.4, 0.5) is 0 Å². The molecule has 0 amide bonds. The van der Waals surface area contributed by atoms with E-state index in [1.54, 1.807) is 24.3 Å².